The number of nitrogens with zero attached hydrogens (tertiary/aromatic N) is 3. The van der Waals surface area contributed by atoms with Gasteiger partial charge in [0, 0.05) is 17.8 Å². The van der Waals surface area contributed by atoms with E-state index in [-0.39, 0.29) is 22.6 Å². The van der Waals surface area contributed by atoms with Crippen LogP contribution < -0.4 is 9.46 Å². The number of nitrogens with one attached hydrogen (secondary N) is 2. The number of rotatable bonds is 7. The average molecular weight is 436 g/mol. The second-order valence-electron chi connectivity index (χ2n) is 7.09. The van der Waals surface area contributed by atoms with Crippen LogP contribution in [0.4, 0.5) is 5.95 Å². The van der Waals surface area contributed by atoms with Crippen molar-refractivity contribution in [3.63, 3.8) is 0 Å². The first-order chi connectivity index (χ1) is 14.9. The van der Waals surface area contributed by atoms with Gasteiger partial charge in [0.15, 0.2) is 0 Å². The third-order valence-corrected chi connectivity index (χ3v) is 5.78. The van der Waals surface area contributed by atoms with E-state index in [2.05, 4.69) is 24.9 Å². The minimum atomic E-state index is -3.87. The summed E-state index contributed by atoms with van der Waals surface area (Å²) in [6, 6.07) is 18.8. The molecule has 4 aromatic rings. The van der Waals surface area contributed by atoms with E-state index < -0.39 is 10.0 Å². The molecule has 2 aromatic carbocycles. The molecule has 0 unspecified atom stereocenters. The topological polar surface area (TPSA) is 110 Å². The Kier molecular flexibility index (Phi) is 5.68. The second kappa shape index (κ2) is 8.57. The molecule has 8 nitrogen and oxygen atoms in total. The monoisotopic (exact) mass is 435 g/mol. The van der Waals surface area contributed by atoms with Crippen LogP contribution in [0.25, 0.3) is 11.3 Å². The Morgan fingerprint density at radius 3 is 2.32 bits per heavy atom. The molecule has 0 radical (unpaired) electrons. The van der Waals surface area contributed by atoms with Crippen LogP contribution in [0, 0.1) is 0 Å². The second-order valence-corrected chi connectivity index (χ2v) is 8.77. The normalized spacial score (nSPS) is 11.5. The summed E-state index contributed by atoms with van der Waals surface area (Å²) >= 11 is 0. The summed E-state index contributed by atoms with van der Waals surface area (Å²) in [6.45, 7) is 4.03. The van der Waals surface area contributed by atoms with Crippen molar-refractivity contribution >= 4 is 16.0 Å². The van der Waals surface area contributed by atoms with Gasteiger partial charge in [-0.05, 0) is 30.2 Å². The zero-order valence-corrected chi connectivity index (χ0v) is 17.8. The van der Waals surface area contributed by atoms with Gasteiger partial charge < -0.3 is 4.74 Å². The highest BCUT2D eigenvalue weighted by Gasteiger charge is 2.20. The molecule has 4 rings (SSSR count). The van der Waals surface area contributed by atoms with E-state index in [1.54, 1.807) is 42.6 Å². The zero-order chi connectivity index (χ0) is 21.8. The number of anilines is 1. The van der Waals surface area contributed by atoms with Crippen LogP contribution in [0.15, 0.2) is 77.8 Å². The van der Waals surface area contributed by atoms with Crippen LogP contribution in [0.5, 0.6) is 11.6 Å². The lowest BCUT2D eigenvalue weighted by Crippen LogP contribution is -2.15. The Balaban J connectivity index is 1.77. The van der Waals surface area contributed by atoms with Crippen molar-refractivity contribution < 1.29 is 13.2 Å². The lowest BCUT2D eigenvalue weighted by molar-refractivity contribution is 0.463. The van der Waals surface area contributed by atoms with E-state index in [0.717, 1.165) is 11.3 Å². The minimum Gasteiger partial charge on any atom is -0.439 e. The van der Waals surface area contributed by atoms with Crippen molar-refractivity contribution in [1.82, 2.24) is 20.2 Å². The number of ether oxygens (including phenoxy) is 1. The molecule has 9 heteroatoms. The molecule has 0 spiro atoms. The van der Waals surface area contributed by atoms with Crippen molar-refractivity contribution in [2.24, 2.45) is 0 Å². The highest BCUT2D eigenvalue weighted by Crippen LogP contribution is 2.30. The van der Waals surface area contributed by atoms with Gasteiger partial charge in [-0.15, -0.1) is 0 Å². The number of hydrogen-bond acceptors (Lipinski definition) is 6. The van der Waals surface area contributed by atoms with Crippen LogP contribution >= 0.6 is 0 Å². The van der Waals surface area contributed by atoms with Gasteiger partial charge in [0.05, 0.1) is 16.3 Å². The Morgan fingerprint density at radius 2 is 1.65 bits per heavy atom. The molecule has 2 N–H and O–H groups in total. The molecular weight excluding hydrogens is 414 g/mol. The van der Waals surface area contributed by atoms with Gasteiger partial charge in [-0.3, -0.25) is 5.10 Å². The van der Waals surface area contributed by atoms with Gasteiger partial charge in [0.2, 0.25) is 11.8 Å². The largest absolute Gasteiger partial charge is 0.439 e. The number of hydrogen-bond donors (Lipinski definition) is 2. The number of aromatic nitrogens is 4. The first-order valence-electron chi connectivity index (χ1n) is 9.66. The molecular formula is C22H21N5O3S. The summed E-state index contributed by atoms with van der Waals surface area (Å²) in [6.07, 6.45) is 1.72. The van der Waals surface area contributed by atoms with Crippen LogP contribution in [0.2, 0.25) is 0 Å². The van der Waals surface area contributed by atoms with Gasteiger partial charge in [-0.2, -0.15) is 10.1 Å². The third-order valence-electron chi connectivity index (χ3n) is 4.44. The molecule has 158 valence electrons. The predicted molar refractivity (Wildman–Crippen MR) is 117 cm³/mol. The molecule has 2 heterocycles. The average Bonchev–Trinajstić information content (AvgIpc) is 3.25. The maximum atomic E-state index is 12.8. The Morgan fingerprint density at radius 1 is 0.968 bits per heavy atom. The number of H-pyrrole nitrogens is 1. The molecule has 0 saturated carbocycles. The van der Waals surface area contributed by atoms with Gasteiger partial charge in [-0.1, -0.05) is 50.2 Å². The molecule has 0 atom stereocenters. The summed E-state index contributed by atoms with van der Waals surface area (Å²) < 4.78 is 33.9. The fourth-order valence-corrected chi connectivity index (χ4v) is 3.96. The fraction of sp³-hybridized carbons (Fsp3) is 0.136. The summed E-state index contributed by atoms with van der Waals surface area (Å²) in [5, 5.41) is 7.14. The van der Waals surface area contributed by atoms with Gasteiger partial charge in [0.25, 0.3) is 10.0 Å². The van der Waals surface area contributed by atoms with E-state index in [1.807, 2.05) is 32.0 Å². The third kappa shape index (κ3) is 4.72. The standard InChI is InChI=1S/C22H21N5O3S/c1-15(2)21-18(14-23-26-21)19-13-20(30-16-9-5-3-6-10-16)25-22(24-19)27-31(28,29)17-11-7-4-8-12-17/h3-15H,1-2H3,(H,23,26)(H,24,25,27). The molecule has 0 bridgehead atoms. The molecule has 0 fully saturated rings. The molecule has 0 aliphatic rings. The number of benzene rings is 2. The Labute approximate surface area is 180 Å². The molecule has 31 heavy (non-hydrogen) atoms. The van der Waals surface area contributed by atoms with Crippen LogP contribution in [-0.2, 0) is 10.0 Å². The lowest BCUT2D eigenvalue weighted by atomic mass is 10.0. The van der Waals surface area contributed by atoms with E-state index in [1.165, 1.54) is 12.1 Å². The van der Waals surface area contributed by atoms with E-state index in [4.69, 9.17) is 4.74 Å². The summed E-state index contributed by atoms with van der Waals surface area (Å²) in [7, 11) is -3.87. The summed E-state index contributed by atoms with van der Waals surface area (Å²) in [5.74, 6) is 0.820. The van der Waals surface area contributed by atoms with Crippen molar-refractivity contribution in [2.75, 3.05) is 4.72 Å². The predicted octanol–water partition coefficient (Wildman–Crippen LogP) is 4.58. The summed E-state index contributed by atoms with van der Waals surface area (Å²) in [4.78, 5) is 8.81. The van der Waals surface area contributed by atoms with E-state index in [0.29, 0.717) is 11.4 Å². The molecule has 0 amide bonds. The smallest absolute Gasteiger partial charge is 0.264 e. The quantitative estimate of drug-likeness (QED) is 0.440. The fourth-order valence-electron chi connectivity index (χ4n) is 2.99. The Bertz CT molecular complexity index is 1270. The van der Waals surface area contributed by atoms with Crippen LogP contribution in [0.1, 0.15) is 25.5 Å². The van der Waals surface area contributed by atoms with Crippen molar-refractivity contribution in [3.8, 4) is 22.9 Å². The highest BCUT2D eigenvalue weighted by atomic mass is 32.2. The first-order valence-corrected chi connectivity index (χ1v) is 11.1. The van der Waals surface area contributed by atoms with Gasteiger partial charge in [0.1, 0.15) is 5.75 Å². The maximum Gasteiger partial charge on any atom is 0.264 e. The zero-order valence-electron chi connectivity index (χ0n) is 17.0. The first kappa shape index (κ1) is 20.5. The number of aromatic amines is 1. The molecule has 0 aliphatic carbocycles. The van der Waals surface area contributed by atoms with E-state index in [9.17, 15) is 8.42 Å². The van der Waals surface area contributed by atoms with Gasteiger partial charge in [-0.25, -0.2) is 18.1 Å². The molecule has 0 saturated heterocycles. The Hall–Kier alpha value is -3.72. The highest BCUT2D eigenvalue weighted by molar-refractivity contribution is 7.92. The van der Waals surface area contributed by atoms with Crippen LogP contribution in [0.3, 0.4) is 0 Å². The number of para-hydroxylation sites is 1. The van der Waals surface area contributed by atoms with Crippen LogP contribution in [-0.4, -0.2) is 28.6 Å². The number of sulfonamides is 1. The van der Waals surface area contributed by atoms with E-state index >= 15 is 0 Å². The SMILES string of the molecule is CC(C)c1n[nH]cc1-c1cc(Oc2ccccc2)nc(NS(=O)(=O)c2ccccc2)n1. The maximum absolute atomic E-state index is 12.8. The van der Waals surface area contributed by atoms with Crippen molar-refractivity contribution in [2.45, 2.75) is 24.7 Å². The van der Waals surface area contributed by atoms with Gasteiger partial charge >= 0.3 is 0 Å². The molecule has 2 aromatic heterocycles. The lowest BCUT2D eigenvalue weighted by Gasteiger charge is -2.12. The van der Waals surface area contributed by atoms with Crippen molar-refractivity contribution in [1.29, 1.82) is 0 Å². The minimum absolute atomic E-state index is 0.0943. The van der Waals surface area contributed by atoms with Crippen molar-refractivity contribution in [3.05, 3.63) is 78.6 Å². The summed E-state index contributed by atoms with van der Waals surface area (Å²) in [5.41, 5.74) is 2.04. The molecule has 0 aliphatic heterocycles.